The summed E-state index contributed by atoms with van der Waals surface area (Å²) in [4.78, 5) is 18.1. The second kappa shape index (κ2) is 5.32. The first kappa shape index (κ1) is 12.7. The van der Waals surface area contributed by atoms with Crippen LogP contribution in [0.3, 0.4) is 0 Å². The zero-order valence-corrected chi connectivity index (χ0v) is 11.0. The SMILES string of the molecule is O=C(c1cncc(O)c1)N1CCCC(c2ccn[nH]2)C1. The van der Waals surface area contributed by atoms with E-state index in [0.717, 1.165) is 25.1 Å². The van der Waals surface area contributed by atoms with Crippen molar-refractivity contribution in [1.29, 1.82) is 0 Å². The number of nitrogens with zero attached hydrogens (tertiary/aromatic N) is 3. The van der Waals surface area contributed by atoms with Crippen molar-refractivity contribution in [2.45, 2.75) is 18.8 Å². The van der Waals surface area contributed by atoms with E-state index in [4.69, 9.17) is 0 Å². The van der Waals surface area contributed by atoms with Gasteiger partial charge in [-0.15, -0.1) is 0 Å². The fourth-order valence-corrected chi connectivity index (χ4v) is 2.64. The minimum absolute atomic E-state index is 0.0120. The van der Waals surface area contributed by atoms with E-state index < -0.39 is 0 Å². The van der Waals surface area contributed by atoms with Crippen LogP contribution in [0.4, 0.5) is 0 Å². The molecule has 1 unspecified atom stereocenters. The zero-order valence-electron chi connectivity index (χ0n) is 11.0. The number of carbonyl (C=O) groups is 1. The lowest BCUT2D eigenvalue weighted by molar-refractivity contribution is 0.0705. The van der Waals surface area contributed by atoms with E-state index in [-0.39, 0.29) is 11.7 Å². The molecule has 2 aromatic rings. The molecule has 2 N–H and O–H groups in total. The van der Waals surface area contributed by atoms with Crippen LogP contribution >= 0.6 is 0 Å². The largest absolute Gasteiger partial charge is 0.506 e. The average molecular weight is 272 g/mol. The Morgan fingerprint density at radius 1 is 1.45 bits per heavy atom. The van der Waals surface area contributed by atoms with Crippen LogP contribution in [0.2, 0.25) is 0 Å². The summed E-state index contributed by atoms with van der Waals surface area (Å²) in [6.45, 7) is 1.40. The average Bonchev–Trinajstić information content (AvgIpc) is 3.01. The lowest BCUT2D eigenvalue weighted by Gasteiger charge is -2.32. The van der Waals surface area contributed by atoms with E-state index >= 15 is 0 Å². The number of piperidine rings is 1. The summed E-state index contributed by atoms with van der Waals surface area (Å²) < 4.78 is 0. The number of aromatic hydroxyl groups is 1. The third-order valence-electron chi connectivity index (χ3n) is 3.64. The summed E-state index contributed by atoms with van der Waals surface area (Å²) in [7, 11) is 0. The summed E-state index contributed by atoms with van der Waals surface area (Å²) >= 11 is 0. The quantitative estimate of drug-likeness (QED) is 0.868. The Balaban J connectivity index is 1.75. The molecule has 2 aromatic heterocycles. The lowest BCUT2D eigenvalue weighted by Crippen LogP contribution is -2.39. The fraction of sp³-hybridized carbons (Fsp3) is 0.357. The molecule has 0 bridgehead atoms. The normalized spacial score (nSPS) is 19.0. The van der Waals surface area contributed by atoms with Gasteiger partial charge in [0, 0.05) is 37.1 Å². The predicted octanol–water partition coefficient (Wildman–Crippen LogP) is 1.53. The lowest BCUT2D eigenvalue weighted by atomic mass is 9.94. The number of aromatic amines is 1. The van der Waals surface area contributed by atoms with Crippen LogP contribution < -0.4 is 0 Å². The minimum atomic E-state index is -0.0855. The van der Waals surface area contributed by atoms with Gasteiger partial charge in [-0.25, -0.2) is 0 Å². The molecule has 0 aromatic carbocycles. The number of amides is 1. The predicted molar refractivity (Wildman–Crippen MR) is 72.4 cm³/mol. The molecule has 1 amide bonds. The van der Waals surface area contributed by atoms with Crippen LogP contribution in [0.5, 0.6) is 5.75 Å². The Morgan fingerprint density at radius 3 is 3.10 bits per heavy atom. The molecule has 3 heterocycles. The Bertz CT molecular complexity index is 597. The van der Waals surface area contributed by atoms with Gasteiger partial charge in [0.15, 0.2) is 0 Å². The molecule has 0 aliphatic carbocycles. The number of aromatic nitrogens is 3. The first-order chi connectivity index (χ1) is 9.74. The molecular formula is C14H16N4O2. The van der Waals surface area contributed by atoms with Gasteiger partial charge in [-0.05, 0) is 25.0 Å². The van der Waals surface area contributed by atoms with Gasteiger partial charge in [0.1, 0.15) is 5.75 Å². The zero-order chi connectivity index (χ0) is 13.9. The topological polar surface area (TPSA) is 82.1 Å². The van der Waals surface area contributed by atoms with Gasteiger partial charge in [0.2, 0.25) is 0 Å². The molecule has 0 spiro atoms. The number of nitrogens with one attached hydrogen (secondary N) is 1. The third-order valence-corrected chi connectivity index (χ3v) is 3.64. The molecular weight excluding hydrogens is 256 g/mol. The second-order valence-electron chi connectivity index (χ2n) is 5.03. The minimum Gasteiger partial charge on any atom is -0.506 e. The van der Waals surface area contributed by atoms with Gasteiger partial charge in [0.05, 0.1) is 11.8 Å². The Hall–Kier alpha value is -2.37. The number of likely N-dealkylation sites (tertiary alicyclic amines) is 1. The van der Waals surface area contributed by atoms with E-state index in [1.165, 1.54) is 18.5 Å². The summed E-state index contributed by atoms with van der Waals surface area (Å²) in [6, 6.07) is 3.41. The number of pyridine rings is 1. The van der Waals surface area contributed by atoms with Gasteiger partial charge in [-0.1, -0.05) is 0 Å². The molecule has 1 saturated heterocycles. The van der Waals surface area contributed by atoms with Gasteiger partial charge < -0.3 is 10.0 Å². The Labute approximate surface area is 116 Å². The molecule has 1 atom stereocenters. The highest BCUT2D eigenvalue weighted by Gasteiger charge is 2.26. The highest BCUT2D eigenvalue weighted by Crippen LogP contribution is 2.26. The molecule has 20 heavy (non-hydrogen) atoms. The molecule has 6 nitrogen and oxygen atoms in total. The second-order valence-corrected chi connectivity index (χ2v) is 5.03. The van der Waals surface area contributed by atoms with Crippen molar-refractivity contribution in [3.63, 3.8) is 0 Å². The van der Waals surface area contributed by atoms with Crippen LogP contribution in [0, 0.1) is 0 Å². The summed E-state index contributed by atoms with van der Waals surface area (Å²) in [5.74, 6) is 0.219. The Kier molecular flexibility index (Phi) is 3.37. The van der Waals surface area contributed by atoms with Crippen molar-refractivity contribution in [2.75, 3.05) is 13.1 Å². The van der Waals surface area contributed by atoms with Crippen LogP contribution in [0.1, 0.15) is 34.8 Å². The first-order valence-electron chi connectivity index (χ1n) is 6.66. The van der Waals surface area contributed by atoms with E-state index in [1.54, 1.807) is 6.20 Å². The van der Waals surface area contributed by atoms with Crippen LogP contribution in [0.25, 0.3) is 0 Å². The summed E-state index contributed by atoms with van der Waals surface area (Å²) in [5, 5.41) is 16.4. The summed E-state index contributed by atoms with van der Waals surface area (Å²) in [6.07, 6.45) is 6.55. The number of hydrogen-bond acceptors (Lipinski definition) is 4. The standard InChI is InChI=1S/C14H16N4O2/c19-12-6-11(7-15-8-12)14(20)18-5-1-2-10(9-18)13-3-4-16-17-13/h3-4,6-8,10,19H,1-2,5,9H2,(H,16,17). The van der Waals surface area contributed by atoms with Crippen molar-refractivity contribution in [3.05, 3.63) is 42.0 Å². The molecule has 1 aliphatic rings. The highest BCUT2D eigenvalue weighted by atomic mass is 16.3. The molecule has 0 saturated carbocycles. The molecule has 0 radical (unpaired) electrons. The Morgan fingerprint density at radius 2 is 2.35 bits per heavy atom. The van der Waals surface area contributed by atoms with E-state index in [9.17, 15) is 9.90 Å². The van der Waals surface area contributed by atoms with Gasteiger partial charge in [-0.3, -0.25) is 14.9 Å². The number of hydrogen-bond donors (Lipinski definition) is 2. The maximum atomic E-state index is 12.4. The van der Waals surface area contributed by atoms with Crippen molar-refractivity contribution in [1.82, 2.24) is 20.1 Å². The summed E-state index contributed by atoms with van der Waals surface area (Å²) in [5.41, 5.74) is 1.49. The third kappa shape index (κ3) is 2.49. The maximum Gasteiger partial charge on any atom is 0.255 e. The molecule has 104 valence electrons. The van der Waals surface area contributed by atoms with E-state index in [2.05, 4.69) is 15.2 Å². The molecule has 3 rings (SSSR count). The molecule has 1 aliphatic heterocycles. The van der Waals surface area contributed by atoms with Crippen molar-refractivity contribution in [2.24, 2.45) is 0 Å². The van der Waals surface area contributed by atoms with Gasteiger partial charge in [0.25, 0.3) is 5.91 Å². The van der Waals surface area contributed by atoms with Crippen LogP contribution in [0.15, 0.2) is 30.7 Å². The monoisotopic (exact) mass is 272 g/mol. The fourth-order valence-electron chi connectivity index (χ4n) is 2.64. The van der Waals surface area contributed by atoms with E-state index in [1.807, 2.05) is 11.0 Å². The molecule has 1 fully saturated rings. The number of H-pyrrole nitrogens is 1. The van der Waals surface area contributed by atoms with Crippen LogP contribution in [-0.4, -0.2) is 44.2 Å². The van der Waals surface area contributed by atoms with Crippen molar-refractivity contribution in [3.8, 4) is 5.75 Å². The smallest absolute Gasteiger partial charge is 0.255 e. The van der Waals surface area contributed by atoms with Crippen molar-refractivity contribution < 1.29 is 9.90 Å². The van der Waals surface area contributed by atoms with E-state index in [0.29, 0.717) is 18.0 Å². The maximum absolute atomic E-state index is 12.4. The first-order valence-corrected chi connectivity index (χ1v) is 6.66. The van der Waals surface area contributed by atoms with Crippen molar-refractivity contribution >= 4 is 5.91 Å². The number of rotatable bonds is 2. The molecule has 6 heteroatoms. The highest BCUT2D eigenvalue weighted by molar-refractivity contribution is 5.94. The van der Waals surface area contributed by atoms with Gasteiger partial charge in [-0.2, -0.15) is 5.10 Å². The van der Waals surface area contributed by atoms with Gasteiger partial charge >= 0.3 is 0 Å². The van der Waals surface area contributed by atoms with Crippen LogP contribution in [-0.2, 0) is 0 Å². The number of carbonyl (C=O) groups excluding carboxylic acids is 1.